The van der Waals surface area contributed by atoms with Crippen LogP contribution in [0.15, 0.2) is 24.1 Å². The third-order valence-corrected chi connectivity index (χ3v) is 5.61. The molecule has 2 aliphatic rings. The van der Waals surface area contributed by atoms with Gasteiger partial charge in [-0.3, -0.25) is 10.6 Å². The molecule has 0 amide bonds. The molecule has 0 unspecified atom stereocenters. The predicted octanol–water partition coefficient (Wildman–Crippen LogP) is 4.98. The third kappa shape index (κ3) is 3.68. The van der Waals surface area contributed by atoms with Crippen molar-refractivity contribution in [2.75, 3.05) is 23.4 Å². The van der Waals surface area contributed by atoms with Gasteiger partial charge in [-0.2, -0.15) is 0 Å². The zero-order valence-corrected chi connectivity index (χ0v) is 18.2. The number of benzene rings is 1. The largest absolute Gasteiger partial charge is 0.371 e. The maximum Gasteiger partial charge on any atom is 0.194 e. The first kappa shape index (κ1) is 22.0. The van der Waals surface area contributed by atoms with Crippen LogP contribution in [-0.2, 0) is 0 Å². The Morgan fingerprint density at radius 3 is 2.14 bits per heavy atom. The van der Waals surface area contributed by atoms with E-state index in [-0.39, 0.29) is 5.43 Å². The maximum absolute atomic E-state index is 12.9. The number of aryl methyl sites for hydroxylation is 2. The number of pyridine rings is 1. The minimum atomic E-state index is 0.0917. The van der Waals surface area contributed by atoms with Crippen LogP contribution in [-0.4, -0.2) is 17.7 Å². The average Bonchev–Trinajstić information content (AvgIpc) is 3.43. The molecule has 28 heavy (non-hydrogen) atoms. The van der Waals surface area contributed by atoms with E-state index in [1.807, 2.05) is 27.0 Å². The fourth-order valence-electron chi connectivity index (χ4n) is 4.31. The van der Waals surface area contributed by atoms with E-state index in [0.717, 1.165) is 40.8 Å². The maximum atomic E-state index is 12.9. The van der Waals surface area contributed by atoms with Crippen molar-refractivity contribution >= 4 is 22.3 Å². The normalized spacial score (nSPS) is 15.6. The molecule has 1 saturated carbocycles. The fourth-order valence-corrected chi connectivity index (χ4v) is 4.31. The fraction of sp³-hybridized carbons (Fsp3) is 0.522. The summed E-state index contributed by atoms with van der Waals surface area (Å²) < 4.78 is 2.32. The molecule has 3 N–H and O–H groups in total. The van der Waals surface area contributed by atoms with Crippen molar-refractivity contribution < 1.29 is 0 Å². The van der Waals surface area contributed by atoms with Crippen LogP contribution < -0.4 is 21.6 Å². The van der Waals surface area contributed by atoms with Crippen LogP contribution in [0.4, 0.5) is 11.4 Å². The van der Waals surface area contributed by atoms with E-state index in [0.29, 0.717) is 6.04 Å². The zero-order chi connectivity index (χ0) is 21.0. The second-order valence-corrected chi connectivity index (χ2v) is 7.32. The Labute approximate surface area is 169 Å². The summed E-state index contributed by atoms with van der Waals surface area (Å²) in [5.41, 5.74) is 9.14. The van der Waals surface area contributed by atoms with Gasteiger partial charge in [-0.25, -0.2) is 0 Å². The second kappa shape index (κ2) is 9.28. The van der Waals surface area contributed by atoms with E-state index in [1.165, 1.54) is 36.9 Å². The van der Waals surface area contributed by atoms with E-state index in [4.69, 9.17) is 5.84 Å². The van der Waals surface area contributed by atoms with Gasteiger partial charge < -0.3 is 14.9 Å². The Balaban J connectivity index is 0.000000660. The molecule has 1 aromatic carbocycles. The molecule has 1 saturated heterocycles. The molecule has 2 fully saturated rings. The first-order valence-electron chi connectivity index (χ1n) is 10.4. The standard InChI is InChI=1S/C19H26N4O.C2H6.C2H4/c1-11-10-23(14-6-7-14)18-13(3)17(22-8-4-5-9-22)12(2)16(21-20)15(18)19(11)24;2*1-2/h10,14,21H,4-9,20H2,1-3H3;1-2H3;1-2H2. The Kier molecular flexibility index (Phi) is 7.30. The van der Waals surface area contributed by atoms with Crippen molar-refractivity contribution in [2.45, 2.75) is 66.3 Å². The van der Waals surface area contributed by atoms with Gasteiger partial charge in [-0.1, -0.05) is 13.8 Å². The van der Waals surface area contributed by atoms with Crippen LogP contribution in [0.25, 0.3) is 10.9 Å². The van der Waals surface area contributed by atoms with Gasteiger partial charge in [-0.15, -0.1) is 13.2 Å². The van der Waals surface area contributed by atoms with Crippen molar-refractivity contribution in [3.8, 4) is 0 Å². The van der Waals surface area contributed by atoms with Crippen molar-refractivity contribution in [3.63, 3.8) is 0 Å². The first-order chi connectivity index (χ1) is 13.5. The van der Waals surface area contributed by atoms with Crippen molar-refractivity contribution in [1.29, 1.82) is 0 Å². The van der Waals surface area contributed by atoms with Gasteiger partial charge >= 0.3 is 0 Å². The number of fused-ring (bicyclic) bond motifs is 1. The number of nitrogens with zero attached hydrogens (tertiary/aromatic N) is 2. The number of hydrogen-bond acceptors (Lipinski definition) is 4. The smallest absolute Gasteiger partial charge is 0.194 e. The first-order valence-corrected chi connectivity index (χ1v) is 10.4. The van der Waals surface area contributed by atoms with E-state index < -0.39 is 0 Å². The van der Waals surface area contributed by atoms with E-state index in [1.54, 1.807) is 0 Å². The van der Waals surface area contributed by atoms with Crippen LogP contribution in [0, 0.1) is 20.8 Å². The highest BCUT2D eigenvalue weighted by Crippen LogP contribution is 2.43. The molecule has 0 bridgehead atoms. The van der Waals surface area contributed by atoms with Crippen LogP contribution >= 0.6 is 0 Å². The van der Waals surface area contributed by atoms with Crippen LogP contribution in [0.5, 0.6) is 0 Å². The van der Waals surface area contributed by atoms with Gasteiger partial charge in [0, 0.05) is 36.6 Å². The van der Waals surface area contributed by atoms with Gasteiger partial charge in [0.1, 0.15) is 0 Å². The highest BCUT2D eigenvalue weighted by molar-refractivity contribution is 6.00. The molecular formula is C23H36N4O. The van der Waals surface area contributed by atoms with Crippen LogP contribution in [0.3, 0.4) is 0 Å². The summed E-state index contributed by atoms with van der Waals surface area (Å²) in [7, 11) is 0. The lowest BCUT2D eigenvalue weighted by molar-refractivity contribution is 0.759. The Bertz CT molecular complexity index is 890. The van der Waals surface area contributed by atoms with Gasteiger partial charge in [-0.05, 0) is 57.6 Å². The summed E-state index contributed by atoms with van der Waals surface area (Å²) in [5, 5.41) is 0.752. The molecule has 1 aliphatic heterocycles. The third-order valence-electron chi connectivity index (χ3n) is 5.61. The highest BCUT2D eigenvalue weighted by Gasteiger charge is 2.29. The molecule has 4 rings (SSSR count). The average molecular weight is 385 g/mol. The number of nitrogens with one attached hydrogen (secondary N) is 1. The summed E-state index contributed by atoms with van der Waals surface area (Å²) in [6.07, 6.45) is 6.88. The zero-order valence-electron chi connectivity index (χ0n) is 18.2. The van der Waals surface area contributed by atoms with E-state index in [9.17, 15) is 4.79 Å². The number of hydrogen-bond donors (Lipinski definition) is 2. The Hall–Kier alpha value is -2.27. The molecule has 2 aromatic rings. The Morgan fingerprint density at radius 2 is 1.64 bits per heavy atom. The molecule has 0 atom stereocenters. The summed E-state index contributed by atoms with van der Waals surface area (Å²) in [4.78, 5) is 15.4. The van der Waals surface area contributed by atoms with E-state index in [2.05, 4.69) is 41.9 Å². The number of nitrogens with two attached hydrogens (primary N) is 1. The van der Waals surface area contributed by atoms with Crippen molar-refractivity contribution in [2.24, 2.45) is 5.84 Å². The SMILES string of the molecule is C=C.CC.Cc1c(N2CCCC2)c(C)c2c(c1NN)c(=O)c(C)cn2C1CC1. The van der Waals surface area contributed by atoms with Crippen LogP contribution in [0.2, 0.25) is 0 Å². The molecule has 1 aliphatic carbocycles. The van der Waals surface area contributed by atoms with Gasteiger partial charge in [0.25, 0.3) is 0 Å². The summed E-state index contributed by atoms with van der Waals surface area (Å²) in [6, 6.07) is 0.519. The monoisotopic (exact) mass is 384 g/mol. The molecule has 0 spiro atoms. The summed E-state index contributed by atoms with van der Waals surface area (Å²) >= 11 is 0. The van der Waals surface area contributed by atoms with Gasteiger partial charge in [0.2, 0.25) is 0 Å². The topological polar surface area (TPSA) is 63.3 Å². The number of hydrazine groups is 1. The number of nitrogen functional groups attached to an aromatic ring is 1. The minimum absolute atomic E-state index is 0.0917. The molecule has 1 aromatic heterocycles. The molecule has 154 valence electrons. The molecular weight excluding hydrogens is 348 g/mol. The highest BCUT2D eigenvalue weighted by atomic mass is 16.1. The molecule has 2 heterocycles. The van der Waals surface area contributed by atoms with Crippen molar-refractivity contribution in [3.05, 3.63) is 46.3 Å². The minimum Gasteiger partial charge on any atom is -0.371 e. The molecule has 0 radical (unpaired) electrons. The van der Waals surface area contributed by atoms with E-state index >= 15 is 0 Å². The number of aromatic nitrogens is 1. The summed E-state index contributed by atoms with van der Waals surface area (Å²) in [5.74, 6) is 5.88. The lowest BCUT2D eigenvalue weighted by Gasteiger charge is -2.27. The van der Waals surface area contributed by atoms with Crippen LogP contribution in [0.1, 0.15) is 62.3 Å². The predicted molar refractivity (Wildman–Crippen MR) is 123 cm³/mol. The quantitative estimate of drug-likeness (QED) is 0.445. The van der Waals surface area contributed by atoms with Crippen molar-refractivity contribution in [1.82, 2.24) is 4.57 Å². The lowest BCUT2D eigenvalue weighted by atomic mass is 9.98. The lowest BCUT2D eigenvalue weighted by Crippen LogP contribution is -2.24. The number of anilines is 2. The van der Waals surface area contributed by atoms with Gasteiger partial charge in [0.05, 0.1) is 16.6 Å². The Morgan fingerprint density at radius 1 is 1.07 bits per heavy atom. The molecule has 5 heteroatoms. The summed E-state index contributed by atoms with van der Waals surface area (Å²) in [6.45, 7) is 18.3. The van der Waals surface area contributed by atoms with Gasteiger partial charge in [0.15, 0.2) is 5.43 Å². The molecule has 5 nitrogen and oxygen atoms in total. The second-order valence-electron chi connectivity index (χ2n) is 7.32. The number of rotatable bonds is 3.